The summed E-state index contributed by atoms with van der Waals surface area (Å²) < 4.78 is 5.38. The highest BCUT2D eigenvalue weighted by molar-refractivity contribution is 5.68. The first kappa shape index (κ1) is 12.7. The topological polar surface area (TPSA) is 49.8 Å². The lowest BCUT2D eigenvalue weighted by molar-refractivity contribution is -0.125. The van der Waals surface area contributed by atoms with Gasteiger partial charge in [-0.25, -0.2) is 4.79 Å². The second kappa shape index (κ2) is 3.87. The summed E-state index contributed by atoms with van der Waals surface area (Å²) >= 11 is 0. The normalized spacial score (nSPS) is 33.9. The first-order chi connectivity index (χ1) is 7.72. The molecule has 2 heterocycles. The molecule has 3 aliphatic rings. The zero-order valence-electron chi connectivity index (χ0n) is 11.2. The molecule has 1 amide bonds. The van der Waals surface area contributed by atoms with Crippen LogP contribution in [0.2, 0.25) is 0 Å². The smallest absolute Gasteiger partial charge is 0.410 e. The Kier molecular flexibility index (Phi) is 2.89. The Balaban J connectivity index is 1.98. The first-order valence-corrected chi connectivity index (χ1v) is 6.38. The van der Waals surface area contributed by atoms with E-state index in [2.05, 4.69) is 0 Å². The largest absolute Gasteiger partial charge is 0.444 e. The molecule has 98 valence electrons. The van der Waals surface area contributed by atoms with Gasteiger partial charge in [-0.15, -0.1) is 0 Å². The molecule has 4 heteroatoms. The first-order valence-electron chi connectivity index (χ1n) is 6.38. The van der Waals surface area contributed by atoms with Crippen molar-refractivity contribution >= 4 is 6.09 Å². The van der Waals surface area contributed by atoms with Crippen LogP contribution in [0.3, 0.4) is 0 Å². The average molecular weight is 241 g/mol. The quantitative estimate of drug-likeness (QED) is 0.764. The predicted molar refractivity (Wildman–Crippen MR) is 64.6 cm³/mol. The average Bonchev–Trinajstić information content (AvgIpc) is 2.13. The summed E-state index contributed by atoms with van der Waals surface area (Å²) in [5, 5.41) is 9.83. The number of carbonyl (C=O) groups is 1. The lowest BCUT2D eigenvalue weighted by Gasteiger charge is -2.57. The van der Waals surface area contributed by atoms with E-state index in [0.717, 1.165) is 19.4 Å². The molecule has 0 spiro atoms. The van der Waals surface area contributed by atoms with E-state index in [1.807, 2.05) is 27.7 Å². The van der Waals surface area contributed by atoms with Gasteiger partial charge in [-0.3, -0.25) is 0 Å². The van der Waals surface area contributed by atoms with Crippen LogP contribution in [0.5, 0.6) is 0 Å². The fourth-order valence-electron chi connectivity index (χ4n) is 3.04. The lowest BCUT2D eigenvalue weighted by Crippen LogP contribution is -2.62. The van der Waals surface area contributed by atoms with Crippen molar-refractivity contribution in [2.24, 2.45) is 11.3 Å². The number of rotatable bonds is 1. The third kappa shape index (κ3) is 2.41. The van der Waals surface area contributed by atoms with E-state index in [1.165, 1.54) is 0 Å². The van der Waals surface area contributed by atoms with E-state index >= 15 is 0 Å². The summed E-state index contributed by atoms with van der Waals surface area (Å²) in [4.78, 5) is 13.7. The van der Waals surface area contributed by atoms with Crippen LogP contribution in [0.4, 0.5) is 4.79 Å². The van der Waals surface area contributed by atoms with Gasteiger partial charge in [-0.2, -0.15) is 0 Å². The van der Waals surface area contributed by atoms with Gasteiger partial charge < -0.3 is 14.7 Å². The van der Waals surface area contributed by atoms with Crippen LogP contribution in [-0.2, 0) is 4.74 Å². The fraction of sp³-hybridized carbons (Fsp3) is 0.923. The maximum absolute atomic E-state index is 12.0. The number of aliphatic hydroxyl groups is 1. The number of piperidine rings is 2. The van der Waals surface area contributed by atoms with Gasteiger partial charge in [0.15, 0.2) is 0 Å². The summed E-state index contributed by atoms with van der Waals surface area (Å²) in [7, 11) is 0. The summed E-state index contributed by atoms with van der Waals surface area (Å²) in [5.74, 6) is 0.547. The minimum Gasteiger partial charge on any atom is -0.444 e. The Morgan fingerprint density at radius 1 is 1.47 bits per heavy atom. The molecular weight excluding hydrogens is 218 g/mol. The van der Waals surface area contributed by atoms with Gasteiger partial charge in [-0.05, 0) is 46.5 Å². The molecule has 1 unspecified atom stereocenters. The zero-order chi connectivity index (χ0) is 12.8. The van der Waals surface area contributed by atoms with Crippen LogP contribution in [0.1, 0.15) is 40.5 Å². The molecule has 4 nitrogen and oxygen atoms in total. The highest BCUT2D eigenvalue weighted by Gasteiger charge is 2.54. The molecule has 0 aromatic rings. The number of carbonyl (C=O) groups excluding carboxylic acids is 1. The number of amides is 1. The van der Waals surface area contributed by atoms with Gasteiger partial charge in [0, 0.05) is 18.5 Å². The van der Waals surface area contributed by atoms with Crippen LogP contribution in [0.15, 0.2) is 0 Å². The molecule has 1 atom stereocenters. The van der Waals surface area contributed by atoms with Crippen LogP contribution in [0.25, 0.3) is 0 Å². The van der Waals surface area contributed by atoms with Gasteiger partial charge in [0.05, 0.1) is 6.10 Å². The van der Waals surface area contributed by atoms with E-state index in [1.54, 1.807) is 4.90 Å². The standard InChI is InChI=1S/C13H23NO3/c1-9(15)13-5-10(6-13)7-14(8-13)11(16)17-12(2,3)4/h9-10,15H,5-8H2,1-4H3. The predicted octanol–water partition coefficient (Wildman–Crippen LogP) is 2.01. The van der Waals surface area contributed by atoms with Crippen LogP contribution in [0, 0.1) is 11.3 Å². The van der Waals surface area contributed by atoms with E-state index in [9.17, 15) is 9.90 Å². The number of aliphatic hydroxyl groups excluding tert-OH is 1. The molecule has 0 aromatic carbocycles. The van der Waals surface area contributed by atoms with Gasteiger partial charge in [0.1, 0.15) is 5.60 Å². The van der Waals surface area contributed by atoms with Gasteiger partial charge in [0.25, 0.3) is 0 Å². The number of fused-ring (bicyclic) bond motifs is 2. The molecule has 1 aliphatic carbocycles. The van der Waals surface area contributed by atoms with E-state index < -0.39 is 5.60 Å². The minimum atomic E-state index is -0.448. The molecule has 3 fully saturated rings. The van der Waals surface area contributed by atoms with E-state index in [4.69, 9.17) is 4.74 Å². The molecule has 3 rings (SSSR count). The van der Waals surface area contributed by atoms with Gasteiger partial charge in [-0.1, -0.05) is 0 Å². The van der Waals surface area contributed by atoms with Crippen LogP contribution >= 0.6 is 0 Å². The highest BCUT2D eigenvalue weighted by Crippen LogP contribution is 2.52. The SMILES string of the molecule is CC(O)C12CC(CN(C(=O)OC(C)(C)C)C1)C2. The van der Waals surface area contributed by atoms with Crippen molar-refractivity contribution in [3.63, 3.8) is 0 Å². The summed E-state index contributed by atoms with van der Waals surface area (Å²) in [6.45, 7) is 8.87. The summed E-state index contributed by atoms with van der Waals surface area (Å²) in [6.07, 6.45) is 1.50. The molecule has 0 aromatic heterocycles. The van der Waals surface area contributed by atoms with Crippen molar-refractivity contribution in [3.8, 4) is 0 Å². The van der Waals surface area contributed by atoms with Crippen molar-refractivity contribution < 1.29 is 14.6 Å². The van der Waals surface area contributed by atoms with Gasteiger partial charge in [0.2, 0.25) is 0 Å². The number of nitrogens with zero attached hydrogens (tertiary/aromatic N) is 1. The summed E-state index contributed by atoms with van der Waals surface area (Å²) in [6, 6.07) is 0. The monoisotopic (exact) mass is 241 g/mol. The molecule has 0 radical (unpaired) electrons. The second-order valence-electron chi connectivity index (χ2n) is 6.67. The lowest BCUT2D eigenvalue weighted by atomic mass is 9.56. The molecule has 17 heavy (non-hydrogen) atoms. The second-order valence-corrected chi connectivity index (χ2v) is 6.67. The Labute approximate surface area is 103 Å². The molecule has 1 N–H and O–H groups in total. The van der Waals surface area contributed by atoms with Crippen molar-refractivity contribution in [2.45, 2.75) is 52.2 Å². The fourth-order valence-corrected chi connectivity index (χ4v) is 3.04. The molecular formula is C13H23NO3. The summed E-state index contributed by atoms with van der Waals surface area (Å²) in [5.41, 5.74) is -0.517. The van der Waals surface area contributed by atoms with Crippen molar-refractivity contribution in [3.05, 3.63) is 0 Å². The number of ether oxygens (including phenoxy) is 1. The maximum Gasteiger partial charge on any atom is 0.410 e. The van der Waals surface area contributed by atoms with E-state index in [0.29, 0.717) is 12.5 Å². The Hall–Kier alpha value is -0.770. The molecule has 2 bridgehead atoms. The third-order valence-electron chi connectivity index (χ3n) is 3.91. The molecule has 2 saturated heterocycles. The molecule has 2 aliphatic heterocycles. The van der Waals surface area contributed by atoms with Crippen molar-refractivity contribution in [1.29, 1.82) is 0 Å². The van der Waals surface area contributed by atoms with Gasteiger partial charge >= 0.3 is 6.09 Å². The maximum atomic E-state index is 12.0. The number of hydrogen-bond acceptors (Lipinski definition) is 3. The van der Waals surface area contributed by atoms with Crippen molar-refractivity contribution in [1.82, 2.24) is 4.90 Å². The van der Waals surface area contributed by atoms with Crippen LogP contribution in [-0.4, -0.2) is 40.9 Å². The Morgan fingerprint density at radius 3 is 2.53 bits per heavy atom. The minimum absolute atomic E-state index is 0.0696. The van der Waals surface area contributed by atoms with E-state index in [-0.39, 0.29) is 17.6 Å². The Morgan fingerprint density at radius 2 is 2.06 bits per heavy atom. The third-order valence-corrected chi connectivity index (χ3v) is 3.91. The number of hydrogen-bond donors (Lipinski definition) is 1. The van der Waals surface area contributed by atoms with Crippen molar-refractivity contribution in [2.75, 3.05) is 13.1 Å². The van der Waals surface area contributed by atoms with Crippen LogP contribution < -0.4 is 0 Å². The molecule has 1 saturated carbocycles. The zero-order valence-corrected chi connectivity index (χ0v) is 11.2. The Bertz CT molecular complexity index is 313. The highest BCUT2D eigenvalue weighted by atomic mass is 16.6.